The molecule has 0 saturated carbocycles. The molecule has 0 radical (unpaired) electrons. The number of alkyl halides is 2. The first-order valence-electron chi connectivity index (χ1n) is 8.41. The van der Waals surface area contributed by atoms with Crippen LogP contribution in [0.2, 0.25) is 0 Å². The quantitative estimate of drug-likeness (QED) is 0.337. The molecule has 1 N–H and O–H groups in total. The molecule has 0 aliphatic carbocycles. The van der Waals surface area contributed by atoms with Gasteiger partial charge in [-0.25, -0.2) is 0 Å². The fraction of sp³-hybridized carbons (Fsp3) is 0.200. The number of para-hydroxylation sites is 1. The van der Waals surface area contributed by atoms with Gasteiger partial charge in [-0.15, -0.1) is 23.2 Å². The van der Waals surface area contributed by atoms with Crippen LogP contribution in [0.3, 0.4) is 0 Å². The molecule has 3 aromatic rings. The second kappa shape index (κ2) is 9.41. The van der Waals surface area contributed by atoms with Crippen molar-refractivity contribution in [1.29, 1.82) is 0 Å². The van der Waals surface area contributed by atoms with E-state index in [1.165, 1.54) is 0 Å². The molecule has 0 saturated heterocycles. The minimum Gasteiger partial charge on any atom is -0.369 e. The van der Waals surface area contributed by atoms with E-state index >= 15 is 0 Å². The number of hydrogen-bond acceptors (Lipinski definition) is 4. The molecule has 134 valence electrons. The Labute approximate surface area is 163 Å². The van der Waals surface area contributed by atoms with Crippen LogP contribution in [0.15, 0.2) is 65.9 Å². The molecule has 0 aliphatic rings. The summed E-state index contributed by atoms with van der Waals surface area (Å²) in [6, 6.07) is 18.1. The van der Waals surface area contributed by atoms with E-state index in [-0.39, 0.29) is 0 Å². The molecule has 26 heavy (non-hydrogen) atoms. The van der Waals surface area contributed by atoms with Crippen molar-refractivity contribution in [2.75, 3.05) is 35.2 Å². The molecule has 3 rings (SSSR count). The zero-order valence-electron chi connectivity index (χ0n) is 14.3. The number of benzene rings is 2. The molecule has 0 atom stereocenters. The summed E-state index contributed by atoms with van der Waals surface area (Å²) in [5.41, 5.74) is 7.09. The average molecular weight is 387 g/mol. The third-order valence-corrected chi connectivity index (χ3v) is 4.35. The number of hydrogen-bond donors (Lipinski definition) is 1. The summed E-state index contributed by atoms with van der Waals surface area (Å²) in [6.45, 7) is 1.55. The summed E-state index contributed by atoms with van der Waals surface area (Å²) < 4.78 is 0. The maximum atomic E-state index is 5.86. The lowest BCUT2D eigenvalue weighted by Crippen LogP contribution is -2.27. The van der Waals surface area contributed by atoms with E-state index in [1.807, 2.05) is 42.5 Å². The minimum absolute atomic E-state index is 0.573. The second-order valence-corrected chi connectivity index (χ2v) is 6.46. The van der Waals surface area contributed by atoms with E-state index in [2.05, 4.69) is 32.5 Å². The second-order valence-electron chi connectivity index (χ2n) is 5.70. The van der Waals surface area contributed by atoms with Gasteiger partial charge in [0.15, 0.2) is 0 Å². The minimum atomic E-state index is 0.573. The average Bonchev–Trinajstić information content (AvgIpc) is 2.69. The number of halogens is 2. The maximum Gasteiger partial charge on any atom is 0.0723 e. The fourth-order valence-corrected chi connectivity index (χ4v) is 3.12. The first kappa shape index (κ1) is 18.5. The number of rotatable bonds is 8. The van der Waals surface area contributed by atoms with Gasteiger partial charge in [-0.1, -0.05) is 30.3 Å². The molecule has 0 aliphatic heterocycles. The van der Waals surface area contributed by atoms with E-state index < -0.39 is 0 Å². The van der Waals surface area contributed by atoms with Crippen LogP contribution in [0, 0.1) is 0 Å². The standard InChI is InChI=1S/C20H20Cl2N4/c21-10-13-26(14-11-22)17-7-5-16(6-8-17)15-24-25-20-9-12-23-19-4-2-1-3-18(19)20/h1-9,12,15H,10-11,13-14H2,(H,23,25)/b24-15+. The molecule has 0 amide bonds. The van der Waals surface area contributed by atoms with E-state index in [0.717, 1.165) is 40.9 Å². The van der Waals surface area contributed by atoms with Crippen LogP contribution >= 0.6 is 23.2 Å². The molecular weight excluding hydrogens is 367 g/mol. The van der Waals surface area contributed by atoms with E-state index in [0.29, 0.717) is 11.8 Å². The Morgan fingerprint density at radius 3 is 2.42 bits per heavy atom. The van der Waals surface area contributed by atoms with Gasteiger partial charge in [-0.3, -0.25) is 10.4 Å². The predicted molar refractivity (Wildman–Crippen MR) is 113 cm³/mol. The highest BCUT2D eigenvalue weighted by Crippen LogP contribution is 2.21. The highest BCUT2D eigenvalue weighted by Gasteiger charge is 2.04. The number of aromatic nitrogens is 1. The number of nitrogens with zero attached hydrogens (tertiary/aromatic N) is 3. The Balaban J connectivity index is 1.68. The van der Waals surface area contributed by atoms with Crippen molar-refractivity contribution in [3.63, 3.8) is 0 Å². The van der Waals surface area contributed by atoms with E-state index in [9.17, 15) is 0 Å². The Morgan fingerprint density at radius 2 is 1.69 bits per heavy atom. The molecule has 1 heterocycles. The molecule has 4 nitrogen and oxygen atoms in total. The summed E-state index contributed by atoms with van der Waals surface area (Å²) in [5, 5.41) is 5.39. The molecule has 6 heteroatoms. The predicted octanol–water partition coefficient (Wildman–Crippen LogP) is 4.96. The Bertz CT molecular complexity index is 854. The number of fused-ring (bicyclic) bond motifs is 1. The zero-order chi connectivity index (χ0) is 18.2. The van der Waals surface area contributed by atoms with Crippen LogP contribution in [-0.2, 0) is 0 Å². The van der Waals surface area contributed by atoms with Crippen molar-refractivity contribution in [2.24, 2.45) is 5.10 Å². The van der Waals surface area contributed by atoms with Crippen molar-refractivity contribution in [2.45, 2.75) is 0 Å². The van der Waals surface area contributed by atoms with Crippen molar-refractivity contribution < 1.29 is 0 Å². The molecule has 0 fully saturated rings. The Hall–Kier alpha value is -2.30. The van der Waals surface area contributed by atoms with Gasteiger partial charge in [0.2, 0.25) is 0 Å². The lowest BCUT2D eigenvalue weighted by atomic mass is 10.2. The summed E-state index contributed by atoms with van der Waals surface area (Å²) in [4.78, 5) is 6.52. The third-order valence-electron chi connectivity index (χ3n) is 4.01. The summed E-state index contributed by atoms with van der Waals surface area (Å²) in [6.07, 6.45) is 3.57. The topological polar surface area (TPSA) is 40.5 Å². The van der Waals surface area contributed by atoms with Gasteiger partial charge >= 0.3 is 0 Å². The van der Waals surface area contributed by atoms with Gasteiger partial charge < -0.3 is 4.90 Å². The number of pyridine rings is 1. The van der Waals surface area contributed by atoms with Crippen LogP contribution in [0.25, 0.3) is 10.9 Å². The Kier molecular flexibility index (Phi) is 6.69. The lowest BCUT2D eigenvalue weighted by molar-refractivity contribution is 0.874. The number of nitrogens with one attached hydrogen (secondary N) is 1. The van der Waals surface area contributed by atoms with Gasteiger partial charge in [0.05, 0.1) is 17.4 Å². The first-order chi connectivity index (χ1) is 12.8. The Morgan fingerprint density at radius 1 is 0.962 bits per heavy atom. The van der Waals surface area contributed by atoms with Gasteiger partial charge in [0.1, 0.15) is 0 Å². The molecule has 1 aromatic heterocycles. The number of anilines is 2. The van der Waals surface area contributed by atoms with Crippen molar-refractivity contribution in [3.8, 4) is 0 Å². The van der Waals surface area contributed by atoms with Gasteiger partial charge in [0, 0.05) is 42.1 Å². The highest BCUT2D eigenvalue weighted by atomic mass is 35.5. The summed E-state index contributed by atoms with van der Waals surface area (Å²) in [5.74, 6) is 1.15. The molecule has 0 unspecified atom stereocenters. The van der Waals surface area contributed by atoms with Gasteiger partial charge in [-0.2, -0.15) is 5.10 Å². The molecule has 0 bridgehead atoms. The molecular formula is C20H20Cl2N4. The SMILES string of the molecule is ClCCN(CCCl)c1ccc(/C=N/Nc2ccnc3ccccc23)cc1. The highest BCUT2D eigenvalue weighted by molar-refractivity contribution is 6.18. The first-order valence-corrected chi connectivity index (χ1v) is 9.48. The van der Waals surface area contributed by atoms with Gasteiger partial charge in [0.25, 0.3) is 0 Å². The van der Waals surface area contributed by atoms with Crippen LogP contribution in [0.4, 0.5) is 11.4 Å². The smallest absolute Gasteiger partial charge is 0.0723 e. The summed E-state index contributed by atoms with van der Waals surface area (Å²) >= 11 is 11.7. The van der Waals surface area contributed by atoms with Crippen LogP contribution in [0.5, 0.6) is 0 Å². The monoisotopic (exact) mass is 386 g/mol. The fourth-order valence-electron chi connectivity index (χ4n) is 2.71. The normalized spacial score (nSPS) is 11.2. The largest absolute Gasteiger partial charge is 0.369 e. The number of hydrazone groups is 1. The third kappa shape index (κ3) is 4.65. The molecule has 2 aromatic carbocycles. The maximum absolute atomic E-state index is 5.86. The van der Waals surface area contributed by atoms with E-state index in [1.54, 1.807) is 12.4 Å². The van der Waals surface area contributed by atoms with E-state index in [4.69, 9.17) is 23.2 Å². The molecule has 0 spiro atoms. The van der Waals surface area contributed by atoms with Crippen LogP contribution in [0.1, 0.15) is 5.56 Å². The van der Waals surface area contributed by atoms with Crippen molar-refractivity contribution in [3.05, 3.63) is 66.4 Å². The van der Waals surface area contributed by atoms with Crippen molar-refractivity contribution >= 4 is 51.7 Å². The van der Waals surface area contributed by atoms with Gasteiger partial charge in [-0.05, 0) is 29.8 Å². The zero-order valence-corrected chi connectivity index (χ0v) is 15.8. The van der Waals surface area contributed by atoms with Crippen LogP contribution < -0.4 is 10.3 Å². The summed E-state index contributed by atoms with van der Waals surface area (Å²) in [7, 11) is 0. The van der Waals surface area contributed by atoms with Crippen LogP contribution in [-0.4, -0.2) is 36.0 Å². The van der Waals surface area contributed by atoms with Crippen molar-refractivity contribution in [1.82, 2.24) is 4.98 Å². The lowest BCUT2D eigenvalue weighted by Gasteiger charge is -2.22.